The van der Waals surface area contributed by atoms with Crippen LogP contribution >= 0.6 is 8.58 Å². The highest BCUT2D eigenvalue weighted by Crippen LogP contribution is 2.31. The van der Waals surface area contributed by atoms with Gasteiger partial charge < -0.3 is 10.4 Å². The molecule has 2 nitrogen and oxygen atoms in total. The maximum absolute atomic E-state index is 10.8. The Kier molecular flexibility index (Phi) is 5.30. The predicted octanol–water partition coefficient (Wildman–Crippen LogP) is 3.72. The Bertz CT molecular complexity index is 830. The predicted molar refractivity (Wildman–Crippen MR) is 105 cm³/mol. The molecule has 0 aliphatic rings. The van der Waals surface area contributed by atoms with Gasteiger partial charge in [0.05, 0.1) is 0 Å². The second kappa shape index (κ2) is 7.61. The molecule has 0 bridgehead atoms. The van der Waals surface area contributed by atoms with Crippen LogP contribution in [0.1, 0.15) is 11.1 Å². The first-order valence-electron chi connectivity index (χ1n) is 8.08. The fourth-order valence-corrected chi connectivity index (χ4v) is 4.19. The molecule has 1 atom stereocenters. The molecule has 0 saturated heterocycles. The fraction of sp³-hybridized carbons (Fsp3) is 0.143. The zero-order valence-electron chi connectivity index (χ0n) is 14.0. The second-order valence-corrected chi connectivity index (χ2v) is 7.12. The molecule has 0 heterocycles. The summed E-state index contributed by atoms with van der Waals surface area (Å²) in [6, 6.07) is 22.5. The smallest absolute Gasteiger partial charge is 0.131 e. The van der Waals surface area contributed by atoms with Crippen molar-refractivity contribution in [2.75, 3.05) is 7.05 Å². The molecule has 1 unspecified atom stereocenters. The number of benzene rings is 3. The van der Waals surface area contributed by atoms with Crippen LogP contribution in [0.3, 0.4) is 0 Å². The normalized spacial score (nSPS) is 11.2. The average Bonchev–Trinajstić information content (AvgIpc) is 2.60. The van der Waals surface area contributed by atoms with Gasteiger partial charge in [-0.05, 0) is 36.0 Å². The molecule has 3 aromatic rings. The summed E-state index contributed by atoms with van der Waals surface area (Å²) in [5.41, 5.74) is 4.50. The SMILES string of the molecule is CNCc1cccc(C)c1Pc1cccc(-c2ccccc2)c1O. The maximum Gasteiger partial charge on any atom is 0.131 e. The number of phenols is 1. The molecular formula is C21H22NOP. The number of rotatable bonds is 5. The molecule has 24 heavy (non-hydrogen) atoms. The highest BCUT2D eigenvalue weighted by molar-refractivity contribution is 7.56. The summed E-state index contributed by atoms with van der Waals surface area (Å²) >= 11 is 0. The molecule has 0 aliphatic carbocycles. The van der Waals surface area contributed by atoms with Crippen molar-refractivity contribution >= 4 is 19.2 Å². The number of phenolic OH excluding ortho intramolecular Hbond substituents is 1. The van der Waals surface area contributed by atoms with E-state index in [1.807, 2.05) is 55.6 Å². The zero-order valence-corrected chi connectivity index (χ0v) is 15.0. The van der Waals surface area contributed by atoms with Gasteiger partial charge in [0.25, 0.3) is 0 Å². The number of aromatic hydroxyl groups is 1. The minimum Gasteiger partial charge on any atom is -0.507 e. The molecule has 3 heteroatoms. The highest BCUT2D eigenvalue weighted by atomic mass is 31.1. The molecule has 0 aromatic heterocycles. The Balaban J connectivity index is 2.01. The second-order valence-electron chi connectivity index (χ2n) is 5.83. The number of hydrogen-bond donors (Lipinski definition) is 2. The van der Waals surface area contributed by atoms with Gasteiger partial charge in [-0.3, -0.25) is 0 Å². The first-order valence-corrected chi connectivity index (χ1v) is 9.08. The van der Waals surface area contributed by atoms with Crippen molar-refractivity contribution in [3.8, 4) is 16.9 Å². The first kappa shape index (κ1) is 16.7. The number of nitrogens with one attached hydrogen (secondary N) is 1. The van der Waals surface area contributed by atoms with E-state index in [2.05, 4.69) is 30.4 Å². The molecule has 0 aliphatic heterocycles. The third-order valence-corrected chi connectivity index (χ3v) is 5.75. The van der Waals surface area contributed by atoms with Crippen LogP contribution in [-0.4, -0.2) is 12.2 Å². The molecule has 2 N–H and O–H groups in total. The summed E-state index contributed by atoms with van der Waals surface area (Å²) < 4.78 is 0. The van der Waals surface area contributed by atoms with E-state index in [9.17, 15) is 5.11 Å². The van der Waals surface area contributed by atoms with Crippen molar-refractivity contribution in [3.05, 3.63) is 77.9 Å². The number of aryl methyl sites for hydroxylation is 1. The summed E-state index contributed by atoms with van der Waals surface area (Å²) in [7, 11) is 2.40. The number of para-hydroxylation sites is 1. The largest absolute Gasteiger partial charge is 0.507 e. The molecule has 0 fully saturated rings. The Morgan fingerprint density at radius 2 is 1.67 bits per heavy atom. The van der Waals surface area contributed by atoms with Crippen LogP contribution in [0, 0.1) is 6.92 Å². The van der Waals surface area contributed by atoms with E-state index in [-0.39, 0.29) is 0 Å². The lowest BCUT2D eigenvalue weighted by Crippen LogP contribution is -2.17. The van der Waals surface area contributed by atoms with Gasteiger partial charge in [0.15, 0.2) is 0 Å². The van der Waals surface area contributed by atoms with Crippen LogP contribution in [0.15, 0.2) is 66.7 Å². The van der Waals surface area contributed by atoms with Gasteiger partial charge >= 0.3 is 0 Å². The lowest BCUT2D eigenvalue weighted by molar-refractivity contribution is 0.482. The van der Waals surface area contributed by atoms with E-state index in [0.717, 1.165) is 23.0 Å². The Morgan fingerprint density at radius 3 is 2.42 bits per heavy atom. The van der Waals surface area contributed by atoms with Crippen molar-refractivity contribution in [1.29, 1.82) is 0 Å². The molecule has 0 amide bonds. The fourth-order valence-electron chi connectivity index (χ4n) is 2.87. The monoisotopic (exact) mass is 335 g/mol. The third kappa shape index (κ3) is 3.51. The third-order valence-electron chi connectivity index (χ3n) is 4.11. The van der Waals surface area contributed by atoms with E-state index in [1.165, 1.54) is 16.4 Å². The van der Waals surface area contributed by atoms with Crippen LogP contribution in [0.5, 0.6) is 5.75 Å². The van der Waals surface area contributed by atoms with E-state index in [4.69, 9.17) is 0 Å². The van der Waals surface area contributed by atoms with E-state index in [1.54, 1.807) is 0 Å². The lowest BCUT2D eigenvalue weighted by Gasteiger charge is -2.15. The summed E-state index contributed by atoms with van der Waals surface area (Å²) in [5, 5.41) is 16.3. The molecule has 0 radical (unpaired) electrons. The van der Waals surface area contributed by atoms with Gasteiger partial charge in [-0.15, -0.1) is 0 Å². The maximum atomic E-state index is 10.8. The number of hydrogen-bond acceptors (Lipinski definition) is 2. The van der Waals surface area contributed by atoms with Gasteiger partial charge in [0, 0.05) is 17.4 Å². The van der Waals surface area contributed by atoms with Crippen molar-refractivity contribution in [2.24, 2.45) is 0 Å². The van der Waals surface area contributed by atoms with Gasteiger partial charge in [-0.25, -0.2) is 0 Å². The molecule has 122 valence electrons. The van der Waals surface area contributed by atoms with Crippen molar-refractivity contribution in [3.63, 3.8) is 0 Å². The Morgan fingerprint density at radius 1 is 0.917 bits per heavy atom. The van der Waals surface area contributed by atoms with Crippen LogP contribution in [0.4, 0.5) is 0 Å². The minimum absolute atomic E-state index is 0.390. The zero-order chi connectivity index (χ0) is 16.9. The molecule has 0 spiro atoms. The van der Waals surface area contributed by atoms with Crippen LogP contribution in [-0.2, 0) is 6.54 Å². The molecule has 3 aromatic carbocycles. The standard InChI is InChI=1S/C21H22NOP/c1-15-8-6-11-17(14-22-2)21(15)24-19-13-7-12-18(20(19)23)16-9-4-3-5-10-16/h3-13,22-24H,14H2,1-2H3. The van der Waals surface area contributed by atoms with Gasteiger partial charge in [0.2, 0.25) is 0 Å². The van der Waals surface area contributed by atoms with Gasteiger partial charge in [-0.2, -0.15) is 0 Å². The summed E-state index contributed by atoms with van der Waals surface area (Å²) in [6.07, 6.45) is 0. The van der Waals surface area contributed by atoms with Crippen LogP contribution in [0.25, 0.3) is 11.1 Å². The lowest BCUT2D eigenvalue weighted by atomic mass is 10.1. The van der Waals surface area contributed by atoms with E-state index in [0.29, 0.717) is 14.3 Å². The Hall–Kier alpha value is -2.15. The summed E-state index contributed by atoms with van der Waals surface area (Å²) in [4.78, 5) is 0. The van der Waals surface area contributed by atoms with Crippen LogP contribution in [0.2, 0.25) is 0 Å². The molecular weight excluding hydrogens is 313 g/mol. The summed E-state index contributed by atoms with van der Waals surface area (Å²) in [5.74, 6) is 0.390. The van der Waals surface area contributed by atoms with E-state index >= 15 is 0 Å². The Labute approximate surface area is 145 Å². The van der Waals surface area contributed by atoms with Crippen molar-refractivity contribution in [1.82, 2.24) is 5.32 Å². The topological polar surface area (TPSA) is 32.3 Å². The summed E-state index contributed by atoms with van der Waals surface area (Å²) in [6.45, 7) is 2.97. The van der Waals surface area contributed by atoms with Gasteiger partial charge in [0.1, 0.15) is 5.75 Å². The van der Waals surface area contributed by atoms with Crippen molar-refractivity contribution < 1.29 is 5.11 Å². The van der Waals surface area contributed by atoms with Crippen molar-refractivity contribution in [2.45, 2.75) is 13.5 Å². The highest BCUT2D eigenvalue weighted by Gasteiger charge is 2.12. The van der Waals surface area contributed by atoms with E-state index < -0.39 is 0 Å². The van der Waals surface area contributed by atoms with Gasteiger partial charge in [-0.1, -0.05) is 75.3 Å². The quantitative estimate of drug-likeness (QED) is 0.697. The minimum atomic E-state index is 0.390. The average molecular weight is 335 g/mol. The molecule has 3 rings (SSSR count). The first-order chi connectivity index (χ1) is 11.7. The molecule has 0 saturated carbocycles. The van der Waals surface area contributed by atoms with Crippen LogP contribution < -0.4 is 15.9 Å².